The quantitative estimate of drug-likeness (QED) is 0.871. The first-order chi connectivity index (χ1) is 10.0. The number of pyridine rings is 1. The lowest BCUT2D eigenvalue weighted by molar-refractivity contribution is -0.127. The van der Waals surface area contributed by atoms with Gasteiger partial charge < -0.3 is 4.90 Å². The van der Waals surface area contributed by atoms with Crippen LogP contribution in [0.5, 0.6) is 0 Å². The third kappa shape index (κ3) is 3.82. The van der Waals surface area contributed by atoms with E-state index in [-0.39, 0.29) is 5.56 Å². The van der Waals surface area contributed by atoms with Crippen LogP contribution >= 0.6 is 0 Å². The second-order valence-corrected chi connectivity index (χ2v) is 7.33. The van der Waals surface area contributed by atoms with Crippen molar-refractivity contribution in [2.75, 3.05) is 14.1 Å². The molecule has 0 fully saturated rings. The fourth-order valence-electron chi connectivity index (χ4n) is 1.48. The summed E-state index contributed by atoms with van der Waals surface area (Å²) >= 11 is 0. The summed E-state index contributed by atoms with van der Waals surface area (Å²) in [6.07, 6.45) is 1.73. The molecule has 122 valence electrons. The van der Waals surface area contributed by atoms with E-state index in [1.807, 2.05) is 4.72 Å². The van der Waals surface area contributed by atoms with Crippen LogP contribution in [0.25, 0.3) is 0 Å². The Hall–Kier alpha value is -1.96. The molecule has 0 aliphatic carbocycles. The molecule has 2 amide bonds. The summed E-state index contributed by atoms with van der Waals surface area (Å²) in [7, 11) is -1.21. The van der Waals surface area contributed by atoms with Crippen LogP contribution in [0.4, 0.5) is 0 Å². The Morgan fingerprint density at radius 1 is 1.32 bits per heavy atom. The molecule has 1 heterocycles. The summed E-state index contributed by atoms with van der Waals surface area (Å²) in [4.78, 5) is 29.2. The first kappa shape index (κ1) is 18.1. The van der Waals surface area contributed by atoms with Crippen LogP contribution in [0, 0.1) is 5.41 Å². The number of carbonyl (C=O) groups excluding carboxylic acids is 2. The highest BCUT2D eigenvalue weighted by Gasteiger charge is 2.32. The van der Waals surface area contributed by atoms with Crippen LogP contribution in [0.2, 0.25) is 0 Å². The topological polar surface area (TPSA) is 96.4 Å². The molecule has 0 spiro atoms. The number of sulfonamides is 1. The van der Waals surface area contributed by atoms with E-state index in [1.165, 1.54) is 37.3 Å². The van der Waals surface area contributed by atoms with E-state index in [0.29, 0.717) is 6.42 Å². The zero-order valence-corrected chi connectivity index (χ0v) is 14.2. The molecule has 1 aromatic rings. The average Bonchev–Trinajstić information content (AvgIpc) is 2.45. The van der Waals surface area contributed by atoms with E-state index in [4.69, 9.17) is 0 Å². The molecule has 0 unspecified atom stereocenters. The van der Waals surface area contributed by atoms with Gasteiger partial charge in [0.2, 0.25) is 5.91 Å². The van der Waals surface area contributed by atoms with Gasteiger partial charge in [0, 0.05) is 25.7 Å². The van der Waals surface area contributed by atoms with Crippen molar-refractivity contribution in [1.29, 1.82) is 0 Å². The molecule has 7 nitrogen and oxygen atoms in total. The van der Waals surface area contributed by atoms with Crippen LogP contribution in [0.1, 0.15) is 37.6 Å². The Labute approximate surface area is 130 Å². The molecular formula is C14H21N3O4S. The van der Waals surface area contributed by atoms with E-state index in [0.717, 1.165) is 0 Å². The minimum atomic E-state index is -4.22. The smallest absolute Gasteiger partial charge is 0.282 e. The van der Waals surface area contributed by atoms with E-state index in [9.17, 15) is 18.0 Å². The van der Waals surface area contributed by atoms with Crippen LogP contribution in [0.3, 0.4) is 0 Å². The highest BCUT2D eigenvalue weighted by atomic mass is 32.2. The predicted molar refractivity (Wildman–Crippen MR) is 81.7 cm³/mol. The van der Waals surface area contributed by atoms with Crippen molar-refractivity contribution in [3.05, 3.63) is 23.9 Å². The predicted octanol–water partition coefficient (Wildman–Crippen LogP) is 1.02. The maximum Gasteiger partial charge on any atom is 0.282 e. The SMILES string of the molecule is CCC(C)(C)C(=O)NS(=O)(=O)c1ncccc1C(=O)N(C)C. The fourth-order valence-corrected chi connectivity index (χ4v) is 2.74. The monoisotopic (exact) mass is 327 g/mol. The molecule has 1 rings (SSSR count). The van der Waals surface area contributed by atoms with E-state index in [2.05, 4.69) is 4.98 Å². The number of rotatable bonds is 5. The number of hydrogen-bond acceptors (Lipinski definition) is 5. The van der Waals surface area contributed by atoms with Crippen molar-refractivity contribution in [3.63, 3.8) is 0 Å². The molecule has 0 bridgehead atoms. The van der Waals surface area contributed by atoms with Gasteiger partial charge in [-0.05, 0) is 18.6 Å². The average molecular weight is 327 g/mol. The highest BCUT2D eigenvalue weighted by Crippen LogP contribution is 2.21. The summed E-state index contributed by atoms with van der Waals surface area (Å²) in [5.41, 5.74) is -0.921. The van der Waals surface area contributed by atoms with Gasteiger partial charge in [0.15, 0.2) is 5.03 Å². The van der Waals surface area contributed by atoms with Gasteiger partial charge in [-0.1, -0.05) is 20.8 Å². The first-order valence-electron chi connectivity index (χ1n) is 6.77. The van der Waals surface area contributed by atoms with E-state index < -0.39 is 32.3 Å². The van der Waals surface area contributed by atoms with Crippen LogP contribution in [0.15, 0.2) is 23.4 Å². The molecule has 0 atom stereocenters. The van der Waals surface area contributed by atoms with Gasteiger partial charge in [-0.25, -0.2) is 9.71 Å². The van der Waals surface area contributed by atoms with Gasteiger partial charge in [0.05, 0.1) is 5.56 Å². The summed E-state index contributed by atoms with van der Waals surface area (Å²) < 4.78 is 26.8. The van der Waals surface area contributed by atoms with Gasteiger partial charge in [0.1, 0.15) is 0 Å². The molecule has 1 N–H and O–H groups in total. The molecule has 8 heteroatoms. The minimum absolute atomic E-state index is 0.0814. The lowest BCUT2D eigenvalue weighted by Gasteiger charge is -2.21. The number of amides is 2. The second-order valence-electron chi connectivity index (χ2n) is 5.73. The fraction of sp³-hybridized carbons (Fsp3) is 0.500. The van der Waals surface area contributed by atoms with Crippen LogP contribution in [-0.4, -0.2) is 44.2 Å². The lowest BCUT2D eigenvalue weighted by atomic mass is 9.90. The maximum absolute atomic E-state index is 12.4. The zero-order valence-electron chi connectivity index (χ0n) is 13.4. The highest BCUT2D eigenvalue weighted by molar-refractivity contribution is 7.90. The van der Waals surface area contributed by atoms with Crippen molar-refractivity contribution in [2.24, 2.45) is 5.41 Å². The van der Waals surface area contributed by atoms with Gasteiger partial charge in [-0.2, -0.15) is 8.42 Å². The third-order valence-electron chi connectivity index (χ3n) is 3.39. The zero-order chi connectivity index (χ0) is 17.1. The number of aromatic nitrogens is 1. The molecule has 0 aliphatic rings. The third-order valence-corrected chi connectivity index (χ3v) is 4.68. The van der Waals surface area contributed by atoms with Gasteiger partial charge >= 0.3 is 0 Å². The standard InChI is InChI=1S/C14H21N3O4S/c1-6-14(2,3)13(19)16-22(20,21)11-10(8-7-9-15-11)12(18)17(4)5/h7-9H,6H2,1-5H3,(H,16,19). The van der Waals surface area contributed by atoms with Crippen molar-refractivity contribution in [3.8, 4) is 0 Å². The van der Waals surface area contributed by atoms with Crippen molar-refractivity contribution in [2.45, 2.75) is 32.2 Å². The second kappa shape index (κ2) is 6.43. The van der Waals surface area contributed by atoms with Crippen LogP contribution < -0.4 is 4.72 Å². The number of nitrogens with zero attached hydrogens (tertiary/aromatic N) is 2. The normalized spacial score (nSPS) is 11.9. The molecule has 0 aliphatic heterocycles. The number of hydrogen-bond donors (Lipinski definition) is 1. The number of carbonyl (C=O) groups is 2. The summed E-state index contributed by atoms with van der Waals surface area (Å²) in [6, 6.07) is 2.83. The van der Waals surface area contributed by atoms with Crippen molar-refractivity contribution < 1.29 is 18.0 Å². The Morgan fingerprint density at radius 3 is 2.41 bits per heavy atom. The minimum Gasteiger partial charge on any atom is -0.345 e. The van der Waals surface area contributed by atoms with Gasteiger partial charge in [-0.15, -0.1) is 0 Å². The molecule has 22 heavy (non-hydrogen) atoms. The largest absolute Gasteiger partial charge is 0.345 e. The number of nitrogens with one attached hydrogen (secondary N) is 1. The van der Waals surface area contributed by atoms with Crippen LogP contribution in [-0.2, 0) is 14.8 Å². The van der Waals surface area contributed by atoms with Crippen molar-refractivity contribution in [1.82, 2.24) is 14.6 Å². The van der Waals surface area contributed by atoms with E-state index >= 15 is 0 Å². The Balaban J connectivity index is 3.26. The summed E-state index contributed by atoms with van der Waals surface area (Å²) in [5, 5.41) is -0.450. The maximum atomic E-state index is 12.4. The molecule has 1 aromatic heterocycles. The molecule has 0 saturated heterocycles. The molecule has 0 saturated carbocycles. The lowest BCUT2D eigenvalue weighted by Crippen LogP contribution is -2.41. The Morgan fingerprint density at radius 2 is 1.91 bits per heavy atom. The molecule has 0 aromatic carbocycles. The van der Waals surface area contributed by atoms with Gasteiger partial charge in [0.25, 0.3) is 15.9 Å². The van der Waals surface area contributed by atoms with E-state index in [1.54, 1.807) is 20.8 Å². The van der Waals surface area contributed by atoms with Gasteiger partial charge in [-0.3, -0.25) is 9.59 Å². The summed E-state index contributed by atoms with van der Waals surface area (Å²) in [6.45, 7) is 5.07. The first-order valence-corrected chi connectivity index (χ1v) is 8.25. The Kier molecular flexibility index (Phi) is 5.29. The Bertz CT molecular complexity index is 681. The molecule has 0 radical (unpaired) electrons. The summed E-state index contributed by atoms with van der Waals surface area (Å²) in [5.74, 6) is -1.14. The molecular weight excluding hydrogens is 306 g/mol. The van der Waals surface area contributed by atoms with Crippen molar-refractivity contribution >= 4 is 21.8 Å².